The third-order valence-electron chi connectivity index (χ3n) is 8.21. The van der Waals surface area contributed by atoms with Crippen LogP contribution < -0.4 is 10.6 Å². The van der Waals surface area contributed by atoms with Gasteiger partial charge in [0.15, 0.2) is 0 Å². The number of hydrogen-bond donors (Lipinski definition) is 2. The lowest BCUT2D eigenvalue weighted by atomic mass is 9.87. The van der Waals surface area contributed by atoms with E-state index in [1.807, 2.05) is 24.3 Å². The minimum absolute atomic E-state index is 0.0667. The number of methoxy groups -OCH3 is 2. The van der Waals surface area contributed by atoms with Crippen molar-refractivity contribution in [1.29, 1.82) is 0 Å². The Hall–Kier alpha value is -2.41. The maximum Gasteiger partial charge on any atom is 0.299 e. The Labute approximate surface area is 294 Å². The molecule has 3 atom stereocenters. The molecular formula is C34H47BIN2O8P. The zero-order valence-electron chi connectivity index (χ0n) is 27.4. The molecule has 10 nitrogen and oxygen atoms in total. The molecular weight excluding hydrogens is 733 g/mol. The molecule has 47 heavy (non-hydrogen) atoms. The van der Waals surface area contributed by atoms with Gasteiger partial charge >= 0.3 is 0 Å². The van der Waals surface area contributed by atoms with E-state index >= 15 is 0 Å². The van der Waals surface area contributed by atoms with E-state index in [1.165, 1.54) is 0 Å². The van der Waals surface area contributed by atoms with Gasteiger partial charge in [-0.15, -0.1) is 22.4 Å². The highest BCUT2D eigenvalue weighted by Gasteiger charge is 2.38. The van der Waals surface area contributed by atoms with Gasteiger partial charge in [0.25, 0.3) is 10.3 Å². The number of allylic oxidation sites excluding steroid dienone is 2. The van der Waals surface area contributed by atoms with E-state index in [-0.39, 0.29) is 77.7 Å². The van der Waals surface area contributed by atoms with E-state index in [1.54, 1.807) is 14.2 Å². The van der Waals surface area contributed by atoms with Gasteiger partial charge in [0.2, 0.25) is 11.8 Å². The molecule has 0 heterocycles. The lowest BCUT2D eigenvalue weighted by Gasteiger charge is -2.22. The van der Waals surface area contributed by atoms with E-state index in [0.29, 0.717) is 70.4 Å². The van der Waals surface area contributed by atoms with Crippen LogP contribution in [-0.2, 0) is 44.6 Å². The summed E-state index contributed by atoms with van der Waals surface area (Å²) in [6.07, 6.45) is 8.58. The molecule has 0 fully saturated rings. The molecule has 2 aliphatic rings. The average Bonchev–Trinajstić information content (AvgIpc) is 3.31. The van der Waals surface area contributed by atoms with Gasteiger partial charge in [-0.2, -0.15) is 9.12 Å². The lowest BCUT2D eigenvalue weighted by Crippen LogP contribution is -2.27. The Morgan fingerprint density at radius 2 is 1.62 bits per heavy atom. The second-order valence-corrected chi connectivity index (χ2v) is 15.7. The van der Waals surface area contributed by atoms with Crippen LogP contribution in [0, 0.1) is 0 Å². The largest absolute Gasteiger partial charge is 0.465 e. The number of ketones is 2. The molecule has 0 aromatic heterocycles. The molecule has 0 radical (unpaired) electrons. The summed E-state index contributed by atoms with van der Waals surface area (Å²) in [5.41, 5.74) is 4.81. The summed E-state index contributed by atoms with van der Waals surface area (Å²) < 4.78 is 15.7. The number of hydrogen-bond acceptors (Lipinski definition) is 8. The number of carbonyl (C=O) groups excluding carboxylic acids is 5. The SMILES string of the molecule is COCCCC(=O)CCCC(=O)Cc1ccc2c(c1)C(COC(=O)CB(P)I)C1=CC(NC(=O)CCCC(=O)NCCOC)=CCC12. The number of fused-ring (bicyclic) bond motifs is 3. The van der Waals surface area contributed by atoms with Crippen LogP contribution >= 0.6 is 31.5 Å². The summed E-state index contributed by atoms with van der Waals surface area (Å²) in [6, 6.07) is 6.10. The highest BCUT2D eigenvalue weighted by Crippen LogP contribution is 2.50. The van der Waals surface area contributed by atoms with Gasteiger partial charge < -0.3 is 24.8 Å². The quantitative estimate of drug-likeness (QED) is 0.0566. The average molecular weight is 780 g/mol. The summed E-state index contributed by atoms with van der Waals surface area (Å²) in [5.74, 6) is -0.440. The van der Waals surface area contributed by atoms with Crippen LogP contribution in [0.2, 0.25) is 6.32 Å². The van der Waals surface area contributed by atoms with Crippen molar-refractivity contribution in [2.45, 2.75) is 82.4 Å². The summed E-state index contributed by atoms with van der Waals surface area (Å²) >= 11 is 2.17. The third kappa shape index (κ3) is 13.6. The Morgan fingerprint density at radius 1 is 0.915 bits per heavy atom. The fourth-order valence-corrected chi connectivity index (χ4v) is 6.47. The molecule has 3 rings (SSSR count). The van der Waals surface area contributed by atoms with Crippen molar-refractivity contribution in [2.24, 2.45) is 0 Å². The van der Waals surface area contributed by atoms with Gasteiger partial charge in [0.05, 0.1) is 6.61 Å². The van der Waals surface area contributed by atoms with Gasteiger partial charge in [0.1, 0.15) is 18.2 Å². The van der Waals surface area contributed by atoms with Gasteiger partial charge in [0, 0.05) is 89.7 Å². The first-order valence-electron chi connectivity index (χ1n) is 16.3. The number of ether oxygens (including phenoxy) is 3. The molecule has 0 aliphatic heterocycles. The van der Waals surface area contributed by atoms with Crippen molar-refractivity contribution in [2.75, 3.05) is 40.6 Å². The van der Waals surface area contributed by atoms with Crippen molar-refractivity contribution < 1.29 is 38.2 Å². The fourth-order valence-electron chi connectivity index (χ4n) is 5.92. The van der Waals surface area contributed by atoms with Crippen molar-refractivity contribution >= 4 is 65.1 Å². The smallest absolute Gasteiger partial charge is 0.299 e. The van der Waals surface area contributed by atoms with E-state index in [4.69, 9.17) is 14.2 Å². The van der Waals surface area contributed by atoms with Crippen LogP contribution in [0.5, 0.6) is 0 Å². The van der Waals surface area contributed by atoms with E-state index in [2.05, 4.69) is 48.2 Å². The molecule has 0 saturated heterocycles. The van der Waals surface area contributed by atoms with Crippen LogP contribution in [0.4, 0.5) is 0 Å². The van der Waals surface area contributed by atoms with E-state index in [9.17, 15) is 24.0 Å². The first kappa shape index (κ1) is 39.0. The minimum atomic E-state index is -0.278. The predicted molar refractivity (Wildman–Crippen MR) is 194 cm³/mol. The second-order valence-electron chi connectivity index (χ2n) is 12.0. The normalized spacial score (nSPS) is 16.3. The number of rotatable bonds is 22. The number of Topliss-reactive ketones (excluding diaryl/α,β-unsaturated/α-hetero) is 2. The lowest BCUT2D eigenvalue weighted by molar-refractivity contribution is -0.141. The Balaban J connectivity index is 1.65. The molecule has 0 spiro atoms. The molecule has 1 aromatic carbocycles. The molecule has 2 amide bonds. The Bertz CT molecular complexity index is 1330. The highest BCUT2D eigenvalue weighted by molar-refractivity contribution is 14.1. The van der Waals surface area contributed by atoms with Gasteiger partial charge in [-0.1, -0.05) is 24.3 Å². The second kappa shape index (κ2) is 20.8. The molecule has 0 saturated carbocycles. The van der Waals surface area contributed by atoms with Gasteiger partial charge in [-0.3, -0.25) is 24.0 Å². The molecule has 2 N–H and O–H groups in total. The van der Waals surface area contributed by atoms with E-state index < -0.39 is 0 Å². The number of esters is 1. The van der Waals surface area contributed by atoms with Gasteiger partial charge in [-0.05, 0) is 54.0 Å². The number of nitrogens with one attached hydrogen (secondary N) is 2. The highest BCUT2D eigenvalue weighted by atomic mass is 127. The number of amides is 2. The topological polar surface area (TPSA) is 137 Å². The maximum absolute atomic E-state index is 12.8. The summed E-state index contributed by atoms with van der Waals surface area (Å²) in [6.45, 7) is 1.61. The third-order valence-corrected chi connectivity index (χ3v) is 8.89. The van der Waals surface area contributed by atoms with Crippen molar-refractivity contribution in [1.82, 2.24) is 10.6 Å². The number of halogens is 1. The maximum atomic E-state index is 12.8. The zero-order valence-corrected chi connectivity index (χ0v) is 30.8. The zero-order chi connectivity index (χ0) is 34.2. The van der Waals surface area contributed by atoms with Crippen molar-refractivity contribution in [3.05, 3.63) is 58.3 Å². The van der Waals surface area contributed by atoms with Crippen LogP contribution in [0.1, 0.15) is 86.3 Å². The molecule has 1 aromatic rings. The predicted octanol–water partition coefficient (Wildman–Crippen LogP) is 4.75. The fraction of sp³-hybridized carbons (Fsp3) is 0.559. The first-order valence-corrected chi connectivity index (χ1v) is 18.2. The van der Waals surface area contributed by atoms with Crippen LogP contribution in [0.25, 0.3) is 0 Å². The molecule has 3 unspecified atom stereocenters. The molecule has 256 valence electrons. The van der Waals surface area contributed by atoms with Gasteiger partial charge in [-0.25, -0.2) is 0 Å². The minimum Gasteiger partial charge on any atom is -0.465 e. The van der Waals surface area contributed by atoms with Crippen molar-refractivity contribution in [3.63, 3.8) is 0 Å². The first-order chi connectivity index (χ1) is 22.6. The summed E-state index contributed by atoms with van der Waals surface area (Å²) in [7, 11) is 5.78. The number of carbonyl (C=O) groups is 5. The van der Waals surface area contributed by atoms with Crippen LogP contribution in [-0.4, -0.2) is 74.2 Å². The van der Waals surface area contributed by atoms with Crippen molar-refractivity contribution in [3.8, 4) is 0 Å². The van der Waals surface area contributed by atoms with Crippen LogP contribution in [0.15, 0.2) is 41.6 Å². The summed E-state index contributed by atoms with van der Waals surface area (Å²) in [5, 5.41) is 5.74. The number of benzene rings is 1. The summed E-state index contributed by atoms with van der Waals surface area (Å²) in [4.78, 5) is 62.0. The standard InChI is InChI=1S/C34H47BIN2O8P/c1-44-16-5-8-25(39)6-3-7-26(40)18-23-11-13-27-28-14-12-24(38-33(42)10-4-9-32(41)37-15-17-45-2)20-30(28)31(29(27)19-23)22-46-34(43)21-35(36)47/h11-13,19-20,28,31H,3-10,14-18,21-22,47H2,1-2H3,(H,37,41)(H,38,42). The molecule has 13 heteroatoms. The van der Waals surface area contributed by atoms with E-state index in [0.717, 1.165) is 22.3 Å². The van der Waals surface area contributed by atoms with Crippen LogP contribution in [0.3, 0.4) is 0 Å². The molecule has 0 bridgehead atoms. The molecule has 2 aliphatic carbocycles. The Kier molecular flexibility index (Phi) is 17.3. The Morgan fingerprint density at radius 3 is 2.36 bits per heavy atom. The monoisotopic (exact) mass is 780 g/mol.